The summed E-state index contributed by atoms with van der Waals surface area (Å²) < 4.78 is 0. The molecule has 3 aliphatic rings. The highest BCUT2D eigenvalue weighted by Crippen LogP contribution is 2.47. The van der Waals surface area contributed by atoms with Gasteiger partial charge in [-0.1, -0.05) is 0 Å². The highest BCUT2D eigenvalue weighted by Gasteiger charge is 2.34. The highest BCUT2D eigenvalue weighted by atomic mass is 15.0. The molecule has 4 rings (SSSR count). The SMILES string of the molecule is C1=Nc2cc3c(cc2NC1)[C@H]1CNC[C@@H]3C1. The number of anilines is 1. The lowest BCUT2D eigenvalue weighted by molar-refractivity contribution is 0.454. The Morgan fingerprint density at radius 2 is 1.94 bits per heavy atom. The monoisotopic (exact) mass is 213 g/mol. The van der Waals surface area contributed by atoms with Crippen molar-refractivity contribution >= 4 is 17.6 Å². The van der Waals surface area contributed by atoms with Gasteiger partial charge in [0.15, 0.2) is 0 Å². The van der Waals surface area contributed by atoms with Crippen molar-refractivity contribution in [2.45, 2.75) is 18.3 Å². The average Bonchev–Trinajstić information content (AvgIpc) is 2.59. The largest absolute Gasteiger partial charge is 0.378 e. The van der Waals surface area contributed by atoms with E-state index in [1.54, 1.807) is 5.56 Å². The van der Waals surface area contributed by atoms with Gasteiger partial charge in [-0.3, -0.25) is 4.99 Å². The molecule has 1 aromatic rings. The first-order valence-corrected chi connectivity index (χ1v) is 6.07. The number of hydrogen-bond donors (Lipinski definition) is 2. The molecule has 2 bridgehead atoms. The molecular formula is C13H15N3. The molecule has 0 saturated carbocycles. The normalized spacial score (nSPS) is 29.5. The van der Waals surface area contributed by atoms with Crippen LogP contribution < -0.4 is 10.6 Å². The molecule has 3 heteroatoms. The molecule has 0 aromatic heterocycles. The lowest BCUT2D eigenvalue weighted by Crippen LogP contribution is -2.28. The van der Waals surface area contributed by atoms with Crippen molar-refractivity contribution < 1.29 is 0 Å². The van der Waals surface area contributed by atoms with Crippen LogP contribution >= 0.6 is 0 Å². The van der Waals surface area contributed by atoms with Crippen LogP contribution in [0.5, 0.6) is 0 Å². The first-order chi connectivity index (χ1) is 7.92. The minimum Gasteiger partial charge on any atom is -0.378 e. The summed E-state index contributed by atoms with van der Waals surface area (Å²) in [5.74, 6) is 1.45. The van der Waals surface area contributed by atoms with E-state index in [2.05, 4.69) is 27.8 Å². The summed E-state index contributed by atoms with van der Waals surface area (Å²) in [6.45, 7) is 3.14. The Labute approximate surface area is 95.0 Å². The molecule has 0 radical (unpaired) electrons. The molecule has 0 unspecified atom stereocenters. The Balaban J connectivity index is 1.91. The van der Waals surface area contributed by atoms with Crippen molar-refractivity contribution in [3.05, 3.63) is 23.3 Å². The van der Waals surface area contributed by atoms with Crippen molar-refractivity contribution in [2.75, 3.05) is 25.0 Å². The van der Waals surface area contributed by atoms with E-state index < -0.39 is 0 Å². The predicted molar refractivity (Wildman–Crippen MR) is 66.1 cm³/mol. The van der Waals surface area contributed by atoms with Crippen LogP contribution in [-0.2, 0) is 0 Å². The van der Waals surface area contributed by atoms with Crippen molar-refractivity contribution in [2.24, 2.45) is 4.99 Å². The lowest BCUT2D eigenvalue weighted by Gasteiger charge is -2.19. The number of rotatable bonds is 0. The first kappa shape index (κ1) is 8.76. The van der Waals surface area contributed by atoms with E-state index in [1.807, 2.05) is 6.21 Å². The van der Waals surface area contributed by atoms with Gasteiger partial charge in [-0.15, -0.1) is 0 Å². The number of fused-ring (bicyclic) bond motifs is 6. The summed E-state index contributed by atoms with van der Waals surface area (Å²) in [5.41, 5.74) is 5.43. The fourth-order valence-electron chi connectivity index (χ4n) is 3.29. The van der Waals surface area contributed by atoms with E-state index >= 15 is 0 Å². The lowest BCUT2D eigenvalue weighted by atomic mass is 9.98. The number of nitrogens with zero attached hydrogens (tertiary/aromatic N) is 1. The molecule has 1 aromatic carbocycles. The average molecular weight is 213 g/mol. The van der Waals surface area contributed by atoms with E-state index in [1.165, 1.54) is 17.7 Å². The molecule has 0 spiro atoms. The minimum atomic E-state index is 0.719. The number of hydrogen-bond acceptors (Lipinski definition) is 3. The summed E-state index contributed by atoms with van der Waals surface area (Å²) >= 11 is 0. The molecule has 2 atom stereocenters. The Morgan fingerprint density at radius 3 is 2.81 bits per heavy atom. The molecule has 1 saturated heterocycles. The van der Waals surface area contributed by atoms with Crippen molar-refractivity contribution in [1.29, 1.82) is 0 Å². The van der Waals surface area contributed by atoms with E-state index in [-0.39, 0.29) is 0 Å². The molecule has 1 fully saturated rings. The molecule has 2 N–H and O–H groups in total. The van der Waals surface area contributed by atoms with Crippen molar-refractivity contribution in [3.63, 3.8) is 0 Å². The van der Waals surface area contributed by atoms with Gasteiger partial charge in [-0.05, 0) is 41.5 Å². The molecule has 0 amide bonds. The van der Waals surface area contributed by atoms with Crippen molar-refractivity contribution in [1.82, 2.24) is 5.32 Å². The smallest absolute Gasteiger partial charge is 0.0860 e. The minimum absolute atomic E-state index is 0.719. The third-order valence-electron chi connectivity index (χ3n) is 4.05. The van der Waals surface area contributed by atoms with E-state index in [0.29, 0.717) is 0 Å². The summed E-state index contributed by atoms with van der Waals surface area (Å²) in [6.07, 6.45) is 3.28. The molecule has 2 heterocycles. The van der Waals surface area contributed by atoms with Gasteiger partial charge >= 0.3 is 0 Å². The van der Waals surface area contributed by atoms with Crippen molar-refractivity contribution in [3.8, 4) is 0 Å². The van der Waals surface area contributed by atoms with E-state index in [4.69, 9.17) is 0 Å². The Hall–Kier alpha value is -1.35. The first-order valence-electron chi connectivity index (χ1n) is 6.07. The maximum Gasteiger partial charge on any atom is 0.0860 e. The molecule has 3 nitrogen and oxygen atoms in total. The molecular weight excluding hydrogens is 198 g/mol. The molecule has 1 aliphatic carbocycles. The van der Waals surface area contributed by atoms with Crippen LogP contribution in [0.2, 0.25) is 0 Å². The summed E-state index contributed by atoms with van der Waals surface area (Å²) in [6, 6.07) is 4.63. The van der Waals surface area contributed by atoms with Crippen LogP contribution in [0.15, 0.2) is 17.1 Å². The highest BCUT2D eigenvalue weighted by molar-refractivity contribution is 5.81. The number of piperidine rings is 1. The Bertz CT molecular complexity index is 478. The van der Waals surface area contributed by atoms with Crippen LogP contribution in [0.4, 0.5) is 11.4 Å². The Morgan fingerprint density at radius 1 is 1.12 bits per heavy atom. The molecule has 16 heavy (non-hydrogen) atoms. The van der Waals surface area contributed by atoms with Crippen LogP contribution in [0.3, 0.4) is 0 Å². The summed E-state index contributed by atoms with van der Waals surface area (Å²) in [4.78, 5) is 4.48. The predicted octanol–water partition coefficient (Wildman–Crippen LogP) is 1.99. The van der Waals surface area contributed by atoms with E-state index in [9.17, 15) is 0 Å². The van der Waals surface area contributed by atoms with Crippen LogP contribution in [0, 0.1) is 0 Å². The maximum atomic E-state index is 4.48. The van der Waals surface area contributed by atoms with Gasteiger partial charge in [-0.2, -0.15) is 0 Å². The van der Waals surface area contributed by atoms with Gasteiger partial charge < -0.3 is 10.6 Å². The third-order valence-corrected chi connectivity index (χ3v) is 4.05. The second-order valence-corrected chi connectivity index (χ2v) is 4.98. The fraction of sp³-hybridized carbons (Fsp3) is 0.462. The maximum absolute atomic E-state index is 4.48. The molecule has 2 aliphatic heterocycles. The zero-order chi connectivity index (χ0) is 10.5. The summed E-state index contributed by atoms with van der Waals surface area (Å²) in [5, 5.41) is 6.93. The molecule has 82 valence electrons. The van der Waals surface area contributed by atoms with Gasteiger partial charge in [0.1, 0.15) is 0 Å². The van der Waals surface area contributed by atoms with Gasteiger partial charge in [-0.25, -0.2) is 0 Å². The van der Waals surface area contributed by atoms with E-state index in [0.717, 1.165) is 37.2 Å². The second kappa shape index (κ2) is 3.08. The quantitative estimate of drug-likeness (QED) is 0.691. The topological polar surface area (TPSA) is 36.4 Å². The van der Waals surface area contributed by atoms with Gasteiger partial charge in [0.25, 0.3) is 0 Å². The third kappa shape index (κ3) is 1.09. The van der Waals surface area contributed by atoms with Gasteiger partial charge in [0, 0.05) is 19.3 Å². The van der Waals surface area contributed by atoms with Gasteiger partial charge in [0.05, 0.1) is 17.9 Å². The zero-order valence-electron chi connectivity index (χ0n) is 9.16. The van der Waals surface area contributed by atoms with Crippen LogP contribution in [-0.4, -0.2) is 25.8 Å². The van der Waals surface area contributed by atoms with Crippen LogP contribution in [0.1, 0.15) is 29.4 Å². The second-order valence-electron chi connectivity index (χ2n) is 4.98. The van der Waals surface area contributed by atoms with Crippen LogP contribution in [0.25, 0.3) is 0 Å². The zero-order valence-corrected chi connectivity index (χ0v) is 9.16. The standard InChI is InChI=1S/C13H15N3/c1-2-16-13-5-11-9-3-8(6-14-7-9)10(11)4-12(13)15-1/h1,4-5,8-9,14,16H,2-3,6-7H2/t8-,9+/m0/s1. The Kier molecular flexibility index (Phi) is 1.68. The number of benzene rings is 1. The number of nitrogens with one attached hydrogen (secondary N) is 2. The number of aliphatic imine (C=N–C) groups is 1. The summed E-state index contributed by atoms with van der Waals surface area (Å²) in [7, 11) is 0. The van der Waals surface area contributed by atoms with Gasteiger partial charge in [0.2, 0.25) is 0 Å². The fourth-order valence-corrected chi connectivity index (χ4v) is 3.29.